The van der Waals surface area contributed by atoms with Gasteiger partial charge in [0.1, 0.15) is 5.76 Å². The second kappa shape index (κ2) is 7.91. The normalized spacial score (nSPS) is 10.2. The molecule has 2 amide bonds. The number of amides is 2. The van der Waals surface area contributed by atoms with Crippen molar-refractivity contribution in [2.75, 3.05) is 11.9 Å². The molecule has 1 aromatic carbocycles. The molecule has 0 atom stereocenters. The van der Waals surface area contributed by atoms with Gasteiger partial charge in [-0.2, -0.15) is 0 Å². The van der Waals surface area contributed by atoms with Gasteiger partial charge in [-0.1, -0.05) is 5.16 Å². The molecule has 8 nitrogen and oxygen atoms in total. The summed E-state index contributed by atoms with van der Waals surface area (Å²) >= 11 is 0. The molecule has 1 heterocycles. The number of hydrogen-bond acceptors (Lipinski definition) is 5. The molecular weight excluding hydrogens is 314 g/mol. The van der Waals surface area contributed by atoms with Gasteiger partial charge in [0.15, 0.2) is 0 Å². The van der Waals surface area contributed by atoms with Crippen molar-refractivity contribution in [1.82, 2.24) is 10.5 Å². The smallest absolute Gasteiger partial charge is 0.305 e. The maximum atomic E-state index is 11.9. The van der Waals surface area contributed by atoms with Gasteiger partial charge in [-0.15, -0.1) is 0 Å². The average Bonchev–Trinajstić information content (AvgIpc) is 2.92. The first-order valence-electron chi connectivity index (χ1n) is 7.26. The second-order valence-electron chi connectivity index (χ2n) is 5.13. The van der Waals surface area contributed by atoms with Crippen molar-refractivity contribution >= 4 is 23.5 Å². The van der Waals surface area contributed by atoms with Crippen molar-refractivity contribution in [3.8, 4) is 0 Å². The van der Waals surface area contributed by atoms with Crippen LogP contribution >= 0.6 is 0 Å². The fourth-order valence-electron chi connectivity index (χ4n) is 1.96. The van der Waals surface area contributed by atoms with Gasteiger partial charge in [0, 0.05) is 23.9 Å². The molecule has 0 aliphatic carbocycles. The molecule has 24 heavy (non-hydrogen) atoms. The number of carbonyl (C=O) groups excluding carboxylic acids is 2. The van der Waals surface area contributed by atoms with E-state index in [0.717, 1.165) is 0 Å². The Kier molecular flexibility index (Phi) is 5.67. The van der Waals surface area contributed by atoms with Gasteiger partial charge < -0.3 is 20.3 Å². The van der Waals surface area contributed by atoms with E-state index in [2.05, 4.69) is 15.8 Å². The Morgan fingerprint density at radius 3 is 2.50 bits per heavy atom. The number of anilines is 1. The molecule has 126 valence electrons. The van der Waals surface area contributed by atoms with Gasteiger partial charge >= 0.3 is 5.97 Å². The number of hydrogen-bond donors (Lipinski definition) is 3. The highest BCUT2D eigenvalue weighted by Crippen LogP contribution is 2.11. The number of nitrogens with one attached hydrogen (secondary N) is 2. The highest BCUT2D eigenvalue weighted by atomic mass is 16.5. The summed E-state index contributed by atoms with van der Waals surface area (Å²) in [5, 5.41) is 17.5. The van der Waals surface area contributed by atoms with Crippen molar-refractivity contribution in [2.45, 2.75) is 19.8 Å². The third kappa shape index (κ3) is 5.24. The van der Waals surface area contributed by atoms with Gasteiger partial charge in [0.25, 0.3) is 5.91 Å². The minimum Gasteiger partial charge on any atom is -0.481 e. The molecule has 3 N–H and O–H groups in total. The van der Waals surface area contributed by atoms with E-state index in [-0.39, 0.29) is 31.2 Å². The fourth-order valence-corrected chi connectivity index (χ4v) is 1.96. The number of carbonyl (C=O) groups is 3. The summed E-state index contributed by atoms with van der Waals surface area (Å²) in [5.41, 5.74) is 1.47. The number of nitrogens with zero attached hydrogens (tertiary/aromatic N) is 1. The molecule has 2 rings (SSSR count). The highest BCUT2D eigenvalue weighted by molar-refractivity contribution is 5.96. The fraction of sp³-hybridized carbons (Fsp3) is 0.250. The summed E-state index contributed by atoms with van der Waals surface area (Å²) in [6, 6.07) is 7.97. The van der Waals surface area contributed by atoms with Crippen LogP contribution in [0.3, 0.4) is 0 Å². The Bertz CT molecular complexity index is 736. The topological polar surface area (TPSA) is 122 Å². The van der Waals surface area contributed by atoms with Gasteiger partial charge in [-0.25, -0.2) is 0 Å². The summed E-state index contributed by atoms with van der Waals surface area (Å²) in [4.78, 5) is 34.1. The molecule has 2 aromatic rings. The van der Waals surface area contributed by atoms with Crippen LogP contribution in [0.1, 0.15) is 28.2 Å². The van der Waals surface area contributed by atoms with Crippen LogP contribution in [0, 0.1) is 6.92 Å². The van der Waals surface area contributed by atoms with Crippen LogP contribution in [0.25, 0.3) is 0 Å². The lowest BCUT2D eigenvalue weighted by Gasteiger charge is -2.06. The van der Waals surface area contributed by atoms with Crippen molar-refractivity contribution in [3.05, 3.63) is 47.3 Å². The minimum absolute atomic E-state index is 0.0593. The molecule has 0 saturated heterocycles. The summed E-state index contributed by atoms with van der Waals surface area (Å²) in [6.45, 7) is 1.80. The zero-order valence-corrected chi connectivity index (χ0v) is 13.0. The molecule has 0 unspecified atom stereocenters. The maximum absolute atomic E-state index is 11.9. The molecular formula is C16H17N3O5. The van der Waals surface area contributed by atoms with E-state index < -0.39 is 5.97 Å². The molecule has 0 aliphatic rings. The monoisotopic (exact) mass is 331 g/mol. The number of carboxylic acids is 1. The zero-order chi connectivity index (χ0) is 17.5. The van der Waals surface area contributed by atoms with Crippen LogP contribution in [0.4, 0.5) is 5.69 Å². The standard InChI is InChI=1S/C16H17N3O5/c1-10-8-13(19-24-10)9-14(20)18-12-4-2-11(3-5-12)16(23)17-7-6-15(21)22/h2-5,8H,6-7,9H2,1H3,(H,17,23)(H,18,20)(H,21,22). The molecule has 0 bridgehead atoms. The second-order valence-corrected chi connectivity index (χ2v) is 5.13. The van der Waals surface area contributed by atoms with Crippen LogP contribution in [0.15, 0.2) is 34.9 Å². The molecule has 0 fully saturated rings. The Balaban J connectivity index is 1.85. The maximum Gasteiger partial charge on any atom is 0.305 e. The first kappa shape index (κ1) is 17.2. The van der Waals surface area contributed by atoms with E-state index >= 15 is 0 Å². The van der Waals surface area contributed by atoms with Crippen molar-refractivity contribution in [3.63, 3.8) is 0 Å². The third-order valence-corrected chi connectivity index (χ3v) is 3.07. The van der Waals surface area contributed by atoms with Crippen LogP contribution in [-0.2, 0) is 16.0 Å². The number of rotatable bonds is 7. The molecule has 0 radical (unpaired) electrons. The van der Waals surface area contributed by atoms with E-state index in [1.165, 1.54) is 0 Å². The van der Waals surface area contributed by atoms with Crippen LogP contribution in [0.5, 0.6) is 0 Å². The third-order valence-electron chi connectivity index (χ3n) is 3.07. The predicted octanol–water partition coefficient (Wildman–Crippen LogP) is 1.37. The summed E-state index contributed by atoms with van der Waals surface area (Å²) in [5.74, 6) is -0.958. The SMILES string of the molecule is Cc1cc(CC(=O)Nc2ccc(C(=O)NCCC(=O)O)cc2)no1. The van der Waals surface area contributed by atoms with Gasteiger partial charge in [0.2, 0.25) is 5.91 Å². The Hall–Kier alpha value is -3.16. The zero-order valence-electron chi connectivity index (χ0n) is 13.0. The van der Waals surface area contributed by atoms with E-state index in [9.17, 15) is 14.4 Å². The largest absolute Gasteiger partial charge is 0.481 e. The first-order chi connectivity index (χ1) is 11.4. The van der Waals surface area contributed by atoms with Gasteiger partial charge in [-0.05, 0) is 31.2 Å². The highest BCUT2D eigenvalue weighted by Gasteiger charge is 2.09. The Morgan fingerprint density at radius 1 is 1.21 bits per heavy atom. The Morgan fingerprint density at radius 2 is 1.92 bits per heavy atom. The van der Waals surface area contributed by atoms with Crippen LogP contribution in [-0.4, -0.2) is 34.6 Å². The van der Waals surface area contributed by atoms with Crippen LogP contribution in [0.2, 0.25) is 0 Å². The molecule has 1 aromatic heterocycles. The predicted molar refractivity (Wildman–Crippen MR) is 84.6 cm³/mol. The lowest BCUT2D eigenvalue weighted by atomic mass is 10.2. The first-order valence-corrected chi connectivity index (χ1v) is 7.26. The average molecular weight is 331 g/mol. The minimum atomic E-state index is -0.976. The van der Waals surface area contributed by atoms with Crippen molar-refractivity contribution in [2.24, 2.45) is 0 Å². The summed E-state index contributed by atoms with van der Waals surface area (Å²) < 4.78 is 4.89. The van der Waals surface area contributed by atoms with E-state index in [1.807, 2.05) is 0 Å². The number of aryl methyl sites for hydroxylation is 1. The molecule has 0 aliphatic heterocycles. The van der Waals surface area contributed by atoms with Crippen molar-refractivity contribution in [1.29, 1.82) is 0 Å². The van der Waals surface area contributed by atoms with Crippen LogP contribution < -0.4 is 10.6 Å². The number of aliphatic carboxylic acids is 1. The lowest BCUT2D eigenvalue weighted by Crippen LogP contribution is -2.26. The van der Waals surface area contributed by atoms with Crippen molar-refractivity contribution < 1.29 is 24.0 Å². The molecule has 0 spiro atoms. The van der Waals surface area contributed by atoms with E-state index in [1.54, 1.807) is 37.3 Å². The number of aromatic nitrogens is 1. The summed E-state index contributed by atoms with van der Waals surface area (Å²) in [7, 11) is 0. The Labute approximate surface area is 137 Å². The molecule has 0 saturated carbocycles. The van der Waals surface area contributed by atoms with Gasteiger partial charge in [-0.3, -0.25) is 14.4 Å². The number of carboxylic acid groups (broad SMARTS) is 1. The number of benzene rings is 1. The van der Waals surface area contributed by atoms with E-state index in [0.29, 0.717) is 22.7 Å². The van der Waals surface area contributed by atoms with Gasteiger partial charge in [0.05, 0.1) is 18.5 Å². The summed E-state index contributed by atoms with van der Waals surface area (Å²) in [6.07, 6.45) is -0.0455. The quantitative estimate of drug-likeness (QED) is 0.704. The molecule has 8 heteroatoms. The van der Waals surface area contributed by atoms with E-state index in [4.69, 9.17) is 9.63 Å². The lowest BCUT2D eigenvalue weighted by molar-refractivity contribution is -0.136.